The van der Waals surface area contributed by atoms with E-state index in [1.54, 1.807) is 11.3 Å². The minimum Gasteiger partial charge on any atom is -0.492 e. The molecule has 2 aromatic rings. The first-order valence-corrected chi connectivity index (χ1v) is 10.4. The molecule has 1 amide bonds. The predicted molar refractivity (Wildman–Crippen MR) is 115 cm³/mol. The number of halogens is 1. The Bertz CT molecular complexity index is 712. The third-order valence-electron chi connectivity index (χ3n) is 4.84. The zero-order chi connectivity index (χ0) is 18.4. The number of hydrogen-bond acceptors (Lipinski definition) is 4. The van der Waals surface area contributed by atoms with E-state index in [0.717, 1.165) is 60.1 Å². The molecule has 1 aromatic carbocycles. The number of hydrogen-bond donors (Lipinski definition) is 1. The van der Waals surface area contributed by atoms with Crippen LogP contribution in [-0.2, 0) is 0 Å². The number of nitrogens with zero attached hydrogens (tertiary/aromatic N) is 1. The number of amides is 1. The lowest BCUT2D eigenvalue weighted by atomic mass is 9.96. The van der Waals surface area contributed by atoms with Gasteiger partial charge in [-0.1, -0.05) is 37.3 Å². The number of thiophene rings is 1. The topological polar surface area (TPSA) is 41.6 Å². The highest BCUT2D eigenvalue weighted by atomic mass is 35.5. The summed E-state index contributed by atoms with van der Waals surface area (Å²) >= 11 is 1.54. The second-order valence-electron chi connectivity index (χ2n) is 6.65. The fraction of sp³-hybridized carbons (Fsp3) is 0.476. The van der Waals surface area contributed by atoms with Gasteiger partial charge in [-0.2, -0.15) is 0 Å². The summed E-state index contributed by atoms with van der Waals surface area (Å²) in [6.45, 7) is 8.39. The Balaban J connectivity index is 0.00000261. The number of ether oxygens (including phenoxy) is 1. The Morgan fingerprint density at radius 3 is 2.56 bits per heavy atom. The molecule has 3 rings (SSSR count). The van der Waals surface area contributed by atoms with E-state index in [9.17, 15) is 4.79 Å². The van der Waals surface area contributed by atoms with Gasteiger partial charge in [-0.05, 0) is 50.4 Å². The lowest BCUT2D eigenvalue weighted by Crippen LogP contribution is -2.40. The summed E-state index contributed by atoms with van der Waals surface area (Å²) in [4.78, 5) is 16.9. The number of carbonyl (C=O) groups excluding carboxylic acids is 1. The maximum absolute atomic E-state index is 13.1. The molecule has 4 nitrogen and oxygen atoms in total. The molecule has 0 spiro atoms. The minimum absolute atomic E-state index is 0. The van der Waals surface area contributed by atoms with E-state index in [1.807, 2.05) is 36.1 Å². The van der Waals surface area contributed by atoms with E-state index in [1.165, 1.54) is 0 Å². The molecule has 0 atom stereocenters. The van der Waals surface area contributed by atoms with Crippen molar-refractivity contribution in [3.05, 3.63) is 41.3 Å². The molecule has 0 radical (unpaired) electrons. The summed E-state index contributed by atoms with van der Waals surface area (Å²) in [5.41, 5.74) is 1.13. The van der Waals surface area contributed by atoms with Gasteiger partial charge in [0.15, 0.2) is 0 Å². The third kappa shape index (κ3) is 5.47. The average molecular weight is 409 g/mol. The molecule has 27 heavy (non-hydrogen) atoms. The van der Waals surface area contributed by atoms with Crippen LogP contribution in [-0.4, -0.2) is 43.6 Å². The Labute approximate surface area is 172 Å². The standard InChI is InChI=1S/C21H28N2O2S.ClH/c1-3-22-15-16-10-12-23(13-11-16)21(24)20-18(25-4-2)14-19(26-20)17-8-6-5-7-9-17;/h5-9,14,16,22H,3-4,10-13,15H2,1-2H3;1H. The molecule has 0 aliphatic carbocycles. The molecular weight excluding hydrogens is 380 g/mol. The second-order valence-corrected chi connectivity index (χ2v) is 7.70. The first kappa shape index (κ1) is 21.7. The first-order chi connectivity index (χ1) is 12.7. The lowest BCUT2D eigenvalue weighted by molar-refractivity contribution is 0.0691. The van der Waals surface area contributed by atoms with Crippen LogP contribution in [0.15, 0.2) is 36.4 Å². The molecule has 148 valence electrons. The Morgan fingerprint density at radius 1 is 1.22 bits per heavy atom. The quantitative estimate of drug-likeness (QED) is 0.722. The van der Waals surface area contributed by atoms with Crippen molar-refractivity contribution in [2.45, 2.75) is 26.7 Å². The molecule has 2 heterocycles. The van der Waals surface area contributed by atoms with Crippen molar-refractivity contribution >= 4 is 29.7 Å². The molecule has 1 N–H and O–H groups in total. The van der Waals surface area contributed by atoms with Crippen LogP contribution in [0.25, 0.3) is 10.4 Å². The number of carbonyl (C=O) groups is 1. The first-order valence-electron chi connectivity index (χ1n) is 9.55. The zero-order valence-corrected chi connectivity index (χ0v) is 17.7. The van der Waals surface area contributed by atoms with Crippen molar-refractivity contribution in [1.82, 2.24) is 10.2 Å². The van der Waals surface area contributed by atoms with Gasteiger partial charge < -0.3 is 15.0 Å². The molecule has 1 saturated heterocycles. The van der Waals surface area contributed by atoms with Crippen molar-refractivity contribution in [1.29, 1.82) is 0 Å². The third-order valence-corrected chi connectivity index (χ3v) is 5.99. The van der Waals surface area contributed by atoms with Crippen LogP contribution in [0.3, 0.4) is 0 Å². The maximum atomic E-state index is 13.1. The van der Waals surface area contributed by atoms with Gasteiger partial charge >= 0.3 is 0 Å². The molecule has 1 aliphatic rings. The SMILES string of the molecule is CCNCC1CCN(C(=O)c2sc(-c3ccccc3)cc2OCC)CC1.Cl. The van der Waals surface area contributed by atoms with E-state index in [4.69, 9.17) is 4.74 Å². The Hall–Kier alpha value is -1.56. The van der Waals surface area contributed by atoms with Crippen LogP contribution in [0.4, 0.5) is 0 Å². The normalized spacial score (nSPS) is 14.7. The highest BCUT2D eigenvalue weighted by Gasteiger charge is 2.27. The van der Waals surface area contributed by atoms with Crippen LogP contribution < -0.4 is 10.1 Å². The molecule has 0 saturated carbocycles. The summed E-state index contributed by atoms with van der Waals surface area (Å²) in [5.74, 6) is 1.51. The van der Waals surface area contributed by atoms with Gasteiger partial charge in [0.05, 0.1) is 6.61 Å². The fourth-order valence-corrected chi connectivity index (χ4v) is 4.44. The van der Waals surface area contributed by atoms with Crippen molar-refractivity contribution in [2.75, 3.05) is 32.8 Å². The Kier molecular flexibility index (Phi) is 8.61. The zero-order valence-electron chi connectivity index (χ0n) is 16.1. The highest BCUT2D eigenvalue weighted by molar-refractivity contribution is 7.17. The van der Waals surface area contributed by atoms with E-state index in [-0.39, 0.29) is 18.3 Å². The monoisotopic (exact) mass is 408 g/mol. The summed E-state index contributed by atoms with van der Waals surface area (Å²) in [7, 11) is 0. The van der Waals surface area contributed by atoms with Crippen molar-refractivity contribution in [3.63, 3.8) is 0 Å². The number of benzene rings is 1. The largest absolute Gasteiger partial charge is 0.492 e. The van der Waals surface area contributed by atoms with Crippen molar-refractivity contribution in [2.24, 2.45) is 5.92 Å². The van der Waals surface area contributed by atoms with E-state index in [0.29, 0.717) is 12.5 Å². The van der Waals surface area contributed by atoms with Crippen molar-refractivity contribution < 1.29 is 9.53 Å². The molecule has 1 aliphatic heterocycles. The smallest absolute Gasteiger partial charge is 0.267 e. The minimum atomic E-state index is 0. The van der Waals surface area contributed by atoms with Crippen LogP contribution >= 0.6 is 23.7 Å². The van der Waals surface area contributed by atoms with E-state index in [2.05, 4.69) is 24.4 Å². The molecular formula is C21H29ClN2O2S. The average Bonchev–Trinajstić information content (AvgIpc) is 3.11. The van der Waals surface area contributed by atoms with Gasteiger partial charge in [-0.3, -0.25) is 4.79 Å². The summed E-state index contributed by atoms with van der Waals surface area (Å²) in [6, 6.07) is 12.2. The molecule has 6 heteroatoms. The van der Waals surface area contributed by atoms with Crippen molar-refractivity contribution in [3.8, 4) is 16.2 Å². The van der Waals surface area contributed by atoms with Crippen LogP contribution in [0.1, 0.15) is 36.4 Å². The molecule has 0 unspecified atom stereocenters. The summed E-state index contributed by atoms with van der Waals surface area (Å²) in [6.07, 6.45) is 2.14. The van der Waals surface area contributed by atoms with Gasteiger partial charge in [-0.15, -0.1) is 23.7 Å². The number of likely N-dealkylation sites (tertiary alicyclic amines) is 1. The maximum Gasteiger partial charge on any atom is 0.267 e. The van der Waals surface area contributed by atoms with Crippen LogP contribution in [0, 0.1) is 5.92 Å². The van der Waals surface area contributed by atoms with Crippen LogP contribution in [0.5, 0.6) is 5.75 Å². The van der Waals surface area contributed by atoms with E-state index < -0.39 is 0 Å². The van der Waals surface area contributed by atoms with Crippen LogP contribution in [0.2, 0.25) is 0 Å². The Morgan fingerprint density at radius 2 is 1.93 bits per heavy atom. The highest BCUT2D eigenvalue weighted by Crippen LogP contribution is 2.37. The van der Waals surface area contributed by atoms with E-state index >= 15 is 0 Å². The fourth-order valence-electron chi connectivity index (χ4n) is 3.36. The predicted octanol–water partition coefficient (Wildman–Crippen LogP) is 4.70. The van der Waals surface area contributed by atoms with Gasteiger partial charge in [0.1, 0.15) is 10.6 Å². The lowest BCUT2D eigenvalue weighted by Gasteiger charge is -2.32. The number of rotatable bonds is 7. The summed E-state index contributed by atoms with van der Waals surface area (Å²) < 4.78 is 5.78. The molecule has 1 fully saturated rings. The summed E-state index contributed by atoms with van der Waals surface area (Å²) in [5, 5.41) is 3.42. The number of piperidine rings is 1. The number of nitrogens with one attached hydrogen (secondary N) is 1. The van der Waals surface area contributed by atoms with Gasteiger partial charge in [0, 0.05) is 18.0 Å². The molecule has 1 aromatic heterocycles. The molecule has 0 bridgehead atoms. The van der Waals surface area contributed by atoms with Gasteiger partial charge in [-0.25, -0.2) is 0 Å². The van der Waals surface area contributed by atoms with Gasteiger partial charge in [0.2, 0.25) is 0 Å². The van der Waals surface area contributed by atoms with Gasteiger partial charge in [0.25, 0.3) is 5.91 Å². The second kappa shape index (κ2) is 10.7.